The average molecular weight is 389 g/mol. The molecule has 0 N–H and O–H groups in total. The lowest BCUT2D eigenvalue weighted by Crippen LogP contribution is -2.24. The minimum atomic E-state index is -5.06. The zero-order valence-electron chi connectivity index (χ0n) is 12.6. The van der Waals surface area contributed by atoms with E-state index in [1.807, 2.05) is 0 Å². The number of hydrogen-bond acceptors (Lipinski definition) is 4. The maximum absolute atomic E-state index is 13.7. The van der Waals surface area contributed by atoms with Crippen LogP contribution < -0.4 is 4.74 Å². The summed E-state index contributed by atoms with van der Waals surface area (Å²) in [6.45, 7) is 0. The molecule has 0 aromatic heterocycles. The Morgan fingerprint density at radius 3 is 2.50 bits per heavy atom. The van der Waals surface area contributed by atoms with Gasteiger partial charge >= 0.3 is 5.25 Å². The second-order valence-electron chi connectivity index (χ2n) is 5.43. The first-order valence-corrected chi connectivity index (χ1v) is 8.50. The van der Waals surface area contributed by atoms with Crippen molar-refractivity contribution in [2.24, 2.45) is 0 Å². The normalized spacial score (nSPS) is 17.0. The number of nitriles is 1. The van der Waals surface area contributed by atoms with Gasteiger partial charge in [0.05, 0.1) is 22.4 Å². The smallest absolute Gasteiger partial charge is 0.354 e. The van der Waals surface area contributed by atoms with Crippen molar-refractivity contribution in [3.05, 3.63) is 52.8 Å². The summed E-state index contributed by atoms with van der Waals surface area (Å²) >= 11 is 0. The van der Waals surface area contributed by atoms with Gasteiger partial charge in [0.25, 0.3) is 6.43 Å². The first-order valence-electron chi connectivity index (χ1n) is 7.02. The van der Waals surface area contributed by atoms with Crippen LogP contribution in [0.5, 0.6) is 11.5 Å². The summed E-state index contributed by atoms with van der Waals surface area (Å²) in [4.78, 5) is -0.873. The van der Waals surface area contributed by atoms with Gasteiger partial charge in [-0.25, -0.2) is 21.6 Å². The maximum atomic E-state index is 13.7. The number of hydrogen-bond donors (Lipinski definition) is 0. The maximum Gasteiger partial charge on any atom is 0.354 e. The van der Waals surface area contributed by atoms with Crippen molar-refractivity contribution in [2.75, 3.05) is 0 Å². The van der Waals surface area contributed by atoms with Gasteiger partial charge in [0, 0.05) is 6.07 Å². The number of rotatable bonds is 3. The van der Waals surface area contributed by atoms with E-state index in [1.54, 1.807) is 6.07 Å². The SMILES string of the molecule is N#Cc1cc(Oc2ccc3c(c2C(F)F)CC(F)(F)S3(=O)=O)ccc1F. The predicted molar refractivity (Wildman–Crippen MR) is 78.4 cm³/mol. The van der Waals surface area contributed by atoms with Crippen LogP contribution >= 0.6 is 0 Å². The Morgan fingerprint density at radius 2 is 1.88 bits per heavy atom. The lowest BCUT2D eigenvalue weighted by atomic mass is 10.0. The molecule has 1 aliphatic rings. The van der Waals surface area contributed by atoms with Crippen molar-refractivity contribution in [3.63, 3.8) is 0 Å². The van der Waals surface area contributed by atoms with Crippen LogP contribution in [-0.2, 0) is 16.3 Å². The molecule has 136 valence electrons. The van der Waals surface area contributed by atoms with Crippen LogP contribution in [0.4, 0.5) is 22.0 Å². The summed E-state index contributed by atoms with van der Waals surface area (Å²) in [6.07, 6.45) is -4.69. The van der Waals surface area contributed by atoms with Crippen LogP contribution in [0.1, 0.15) is 23.1 Å². The molecule has 2 aromatic rings. The Balaban J connectivity index is 2.13. The average Bonchev–Trinajstić information content (AvgIpc) is 2.73. The molecule has 0 saturated carbocycles. The molecular formula is C16H8F5NO3S. The zero-order chi connectivity index (χ0) is 19.3. The fraction of sp³-hybridized carbons (Fsp3) is 0.188. The van der Waals surface area contributed by atoms with Gasteiger partial charge in [0.2, 0.25) is 9.84 Å². The number of halogens is 5. The van der Waals surface area contributed by atoms with Crippen molar-refractivity contribution in [3.8, 4) is 17.6 Å². The third-order valence-corrected chi connectivity index (χ3v) is 5.74. The summed E-state index contributed by atoms with van der Waals surface area (Å²) in [5, 5.41) is 4.59. The number of ether oxygens (including phenoxy) is 1. The fourth-order valence-corrected chi connectivity index (χ4v) is 4.04. The molecule has 0 aliphatic carbocycles. The third-order valence-electron chi connectivity index (χ3n) is 3.84. The van der Waals surface area contributed by atoms with E-state index in [1.165, 1.54) is 0 Å². The van der Waals surface area contributed by atoms with Crippen LogP contribution in [0.25, 0.3) is 0 Å². The lowest BCUT2D eigenvalue weighted by molar-refractivity contribution is 0.0960. The van der Waals surface area contributed by atoms with E-state index in [9.17, 15) is 30.4 Å². The van der Waals surface area contributed by atoms with E-state index < -0.39 is 61.1 Å². The minimum absolute atomic E-state index is 0.183. The highest BCUT2D eigenvalue weighted by Crippen LogP contribution is 2.48. The van der Waals surface area contributed by atoms with Crippen molar-refractivity contribution in [1.82, 2.24) is 0 Å². The fourth-order valence-electron chi connectivity index (χ4n) is 2.63. The number of benzene rings is 2. The number of fused-ring (bicyclic) bond motifs is 1. The van der Waals surface area contributed by atoms with E-state index in [4.69, 9.17) is 10.00 Å². The van der Waals surface area contributed by atoms with Crippen LogP contribution in [0, 0.1) is 17.1 Å². The molecule has 4 nitrogen and oxygen atoms in total. The Hall–Kier alpha value is -2.67. The second kappa shape index (κ2) is 5.95. The summed E-state index contributed by atoms with van der Waals surface area (Å²) in [5.41, 5.74) is -2.10. The van der Waals surface area contributed by atoms with E-state index >= 15 is 0 Å². The van der Waals surface area contributed by atoms with E-state index in [-0.39, 0.29) is 5.75 Å². The molecule has 0 amide bonds. The van der Waals surface area contributed by atoms with Gasteiger partial charge in [-0.2, -0.15) is 14.0 Å². The van der Waals surface area contributed by atoms with Crippen LogP contribution in [0.15, 0.2) is 35.2 Å². The first kappa shape index (κ1) is 18.1. The molecule has 0 radical (unpaired) electrons. The molecule has 26 heavy (non-hydrogen) atoms. The Labute approximate surface area is 144 Å². The van der Waals surface area contributed by atoms with E-state index in [0.29, 0.717) is 0 Å². The molecule has 0 fully saturated rings. The first-order chi connectivity index (χ1) is 12.1. The Bertz CT molecular complexity index is 1040. The number of sulfone groups is 1. The summed E-state index contributed by atoms with van der Waals surface area (Å²) in [6, 6.07) is 6.02. The van der Waals surface area contributed by atoms with E-state index in [0.717, 1.165) is 30.3 Å². The van der Waals surface area contributed by atoms with E-state index in [2.05, 4.69) is 0 Å². The van der Waals surface area contributed by atoms with Gasteiger partial charge in [0.15, 0.2) is 0 Å². The number of nitrogens with zero attached hydrogens (tertiary/aromatic N) is 1. The van der Waals surface area contributed by atoms with Crippen LogP contribution in [0.2, 0.25) is 0 Å². The van der Waals surface area contributed by atoms with Crippen molar-refractivity contribution in [1.29, 1.82) is 5.26 Å². The van der Waals surface area contributed by atoms with Gasteiger partial charge < -0.3 is 4.74 Å². The predicted octanol–water partition coefficient (Wildman–Crippen LogP) is 4.35. The van der Waals surface area contributed by atoms with Crippen molar-refractivity contribution < 1.29 is 35.1 Å². The summed E-state index contributed by atoms with van der Waals surface area (Å²) in [5.74, 6) is -1.59. The highest BCUT2D eigenvalue weighted by atomic mass is 32.2. The standard InChI is InChI=1S/C16H8F5NO3S/c17-11-2-1-9(5-8(11)7-22)25-12-3-4-13-10(14(12)15(18)19)6-16(20,21)26(13,23)24/h1-5,15H,6H2. The summed E-state index contributed by atoms with van der Waals surface area (Å²) in [7, 11) is -5.06. The van der Waals surface area contributed by atoms with Crippen LogP contribution in [0.3, 0.4) is 0 Å². The molecule has 3 rings (SSSR count). The van der Waals surface area contributed by atoms with Gasteiger partial charge in [-0.3, -0.25) is 0 Å². The molecule has 0 bridgehead atoms. The Morgan fingerprint density at radius 1 is 1.19 bits per heavy atom. The third kappa shape index (κ3) is 2.68. The van der Waals surface area contributed by atoms with Gasteiger partial charge in [-0.1, -0.05) is 0 Å². The molecule has 1 heterocycles. The quantitative estimate of drug-likeness (QED) is 0.732. The molecule has 0 saturated heterocycles. The van der Waals surface area contributed by atoms with Crippen molar-refractivity contribution in [2.45, 2.75) is 23.0 Å². The summed E-state index contributed by atoms with van der Waals surface area (Å²) < 4.78 is 96.4. The lowest BCUT2D eigenvalue weighted by Gasteiger charge is -2.14. The van der Waals surface area contributed by atoms with Crippen molar-refractivity contribution >= 4 is 9.84 Å². The molecule has 10 heteroatoms. The van der Waals surface area contributed by atoms with Gasteiger partial charge in [-0.05, 0) is 29.8 Å². The second-order valence-corrected chi connectivity index (χ2v) is 7.47. The Kier molecular flexibility index (Phi) is 4.15. The molecule has 0 spiro atoms. The topological polar surface area (TPSA) is 67.2 Å². The zero-order valence-corrected chi connectivity index (χ0v) is 13.5. The molecular weight excluding hydrogens is 381 g/mol. The minimum Gasteiger partial charge on any atom is -0.457 e. The number of alkyl halides is 4. The van der Waals surface area contributed by atoms with Gasteiger partial charge in [0.1, 0.15) is 23.4 Å². The molecule has 2 aromatic carbocycles. The molecule has 0 unspecified atom stereocenters. The molecule has 0 atom stereocenters. The molecule has 1 aliphatic heterocycles. The largest absolute Gasteiger partial charge is 0.457 e. The monoisotopic (exact) mass is 389 g/mol. The highest BCUT2D eigenvalue weighted by molar-refractivity contribution is 7.92. The highest BCUT2D eigenvalue weighted by Gasteiger charge is 2.54. The van der Waals surface area contributed by atoms with Gasteiger partial charge in [-0.15, -0.1) is 0 Å². The van der Waals surface area contributed by atoms with Crippen LogP contribution in [-0.4, -0.2) is 13.7 Å².